The van der Waals surface area contributed by atoms with Crippen molar-refractivity contribution in [1.29, 1.82) is 0 Å². The molecule has 0 bridgehead atoms. The van der Waals surface area contributed by atoms with E-state index < -0.39 is 23.7 Å². The Kier molecular flexibility index (Phi) is 8.72. The van der Waals surface area contributed by atoms with Crippen LogP contribution in [0.5, 0.6) is 17.2 Å². The number of rotatable bonds is 10. The first-order valence-electron chi connectivity index (χ1n) is 10.8. The number of nitrogens with zero attached hydrogens (tertiary/aromatic N) is 2. The molecule has 10 nitrogen and oxygen atoms in total. The number of amides is 2. The first-order valence-corrected chi connectivity index (χ1v) is 10.8. The number of ether oxygens (including phenoxy) is 3. The first kappa shape index (κ1) is 27.0. The van der Waals surface area contributed by atoms with Crippen LogP contribution in [0.2, 0.25) is 0 Å². The van der Waals surface area contributed by atoms with Gasteiger partial charge in [0.1, 0.15) is 12.4 Å². The molecule has 3 rings (SSSR count). The van der Waals surface area contributed by atoms with Crippen LogP contribution in [-0.4, -0.2) is 35.8 Å². The van der Waals surface area contributed by atoms with Gasteiger partial charge in [0.2, 0.25) is 0 Å². The minimum Gasteiger partial charge on any atom is -0.493 e. The SMILES string of the molecule is COc1cc(CNC(=O)Nc2cccc([N+](=O)[O-])c2)ccc1OCc1nccc(OCC(F)(F)F)c1C. The Morgan fingerprint density at radius 3 is 2.57 bits per heavy atom. The number of pyridine rings is 1. The predicted octanol–water partition coefficient (Wildman–Crippen LogP) is 5.15. The van der Waals surface area contributed by atoms with Gasteiger partial charge in [0, 0.05) is 36.1 Å². The molecule has 0 fully saturated rings. The average molecular weight is 520 g/mol. The van der Waals surface area contributed by atoms with E-state index in [1.807, 2.05) is 0 Å². The van der Waals surface area contributed by atoms with Crippen molar-refractivity contribution in [2.45, 2.75) is 26.3 Å². The van der Waals surface area contributed by atoms with Crippen molar-refractivity contribution < 1.29 is 37.1 Å². The molecule has 1 aromatic heterocycles. The summed E-state index contributed by atoms with van der Waals surface area (Å²) in [5, 5.41) is 16.0. The van der Waals surface area contributed by atoms with E-state index in [2.05, 4.69) is 15.6 Å². The molecule has 0 aliphatic rings. The Morgan fingerprint density at radius 2 is 1.86 bits per heavy atom. The van der Waals surface area contributed by atoms with Crippen LogP contribution < -0.4 is 24.8 Å². The third-order valence-corrected chi connectivity index (χ3v) is 5.01. The maximum atomic E-state index is 12.5. The van der Waals surface area contributed by atoms with Crippen molar-refractivity contribution in [3.05, 3.63) is 81.7 Å². The smallest absolute Gasteiger partial charge is 0.422 e. The molecule has 2 amide bonds. The predicted molar refractivity (Wildman–Crippen MR) is 127 cm³/mol. The molecular weight excluding hydrogens is 497 g/mol. The van der Waals surface area contributed by atoms with E-state index in [1.165, 1.54) is 43.6 Å². The molecule has 0 spiro atoms. The number of non-ortho nitro benzene ring substituents is 1. The van der Waals surface area contributed by atoms with Gasteiger partial charge in [-0.05, 0) is 36.8 Å². The van der Waals surface area contributed by atoms with Crippen LogP contribution in [0.3, 0.4) is 0 Å². The van der Waals surface area contributed by atoms with Crippen LogP contribution in [0.25, 0.3) is 0 Å². The number of urea groups is 1. The Hall–Kier alpha value is -4.55. The minimum atomic E-state index is -4.46. The van der Waals surface area contributed by atoms with E-state index in [4.69, 9.17) is 14.2 Å². The molecule has 0 atom stereocenters. The third kappa shape index (κ3) is 7.98. The molecule has 0 unspecified atom stereocenters. The summed E-state index contributed by atoms with van der Waals surface area (Å²) in [5.41, 5.74) is 1.61. The molecule has 0 saturated carbocycles. The molecular formula is C24H23F3N4O6. The van der Waals surface area contributed by atoms with Crippen LogP contribution in [0.1, 0.15) is 16.8 Å². The van der Waals surface area contributed by atoms with Crippen molar-refractivity contribution in [2.24, 2.45) is 0 Å². The lowest BCUT2D eigenvalue weighted by atomic mass is 10.2. The maximum Gasteiger partial charge on any atom is 0.422 e. The number of anilines is 1. The molecule has 13 heteroatoms. The molecule has 37 heavy (non-hydrogen) atoms. The van der Waals surface area contributed by atoms with Gasteiger partial charge in [-0.2, -0.15) is 13.2 Å². The van der Waals surface area contributed by atoms with Gasteiger partial charge in [-0.3, -0.25) is 15.1 Å². The number of carbonyl (C=O) groups is 1. The number of hydrogen-bond acceptors (Lipinski definition) is 7. The quantitative estimate of drug-likeness (QED) is 0.280. The average Bonchev–Trinajstić information content (AvgIpc) is 2.86. The lowest BCUT2D eigenvalue weighted by Crippen LogP contribution is -2.28. The molecule has 1 heterocycles. The standard InChI is InChI=1S/C24H23F3N4O6/c1-15-19(28-9-8-20(15)37-14-24(25,26)27)13-36-21-7-6-16(10-22(21)35-2)12-29-23(32)30-17-4-3-5-18(11-17)31(33)34/h3-11H,12-14H2,1-2H3,(H2,29,30,32). The highest BCUT2D eigenvalue weighted by Crippen LogP contribution is 2.30. The second kappa shape index (κ2) is 11.9. The largest absolute Gasteiger partial charge is 0.493 e. The number of nitro groups is 1. The summed E-state index contributed by atoms with van der Waals surface area (Å²) >= 11 is 0. The number of nitrogens with one attached hydrogen (secondary N) is 2. The summed E-state index contributed by atoms with van der Waals surface area (Å²) in [4.78, 5) is 26.6. The van der Waals surface area contributed by atoms with Crippen molar-refractivity contribution >= 4 is 17.4 Å². The van der Waals surface area contributed by atoms with Crippen molar-refractivity contribution in [3.63, 3.8) is 0 Å². The number of benzene rings is 2. The van der Waals surface area contributed by atoms with Crippen LogP contribution in [-0.2, 0) is 13.2 Å². The Bertz CT molecular complexity index is 1270. The molecule has 2 N–H and O–H groups in total. The number of carbonyl (C=O) groups excluding carboxylic acids is 1. The monoisotopic (exact) mass is 520 g/mol. The molecule has 196 valence electrons. The summed E-state index contributed by atoms with van der Waals surface area (Å²) in [6, 6.07) is 11.3. The van der Waals surface area contributed by atoms with Gasteiger partial charge in [0.25, 0.3) is 5.69 Å². The first-order chi connectivity index (χ1) is 17.6. The van der Waals surface area contributed by atoms with Crippen LogP contribution in [0, 0.1) is 17.0 Å². The number of hydrogen-bond donors (Lipinski definition) is 2. The second-order valence-electron chi connectivity index (χ2n) is 7.67. The van der Waals surface area contributed by atoms with Crippen molar-refractivity contribution in [3.8, 4) is 17.2 Å². The normalized spacial score (nSPS) is 10.9. The molecule has 0 radical (unpaired) electrons. The van der Waals surface area contributed by atoms with Gasteiger partial charge in [0.15, 0.2) is 18.1 Å². The van der Waals surface area contributed by atoms with E-state index in [0.717, 1.165) is 0 Å². The fraction of sp³-hybridized carbons (Fsp3) is 0.250. The summed E-state index contributed by atoms with van der Waals surface area (Å²) in [6.45, 7) is 0.248. The van der Waals surface area contributed by atoms with Crippen LogP contribution >= 0.6 is 0 Å². The fourth-order valence-corrected chi connectivity index (χ4v) is 3.16. The van der Waals surface area contributed by atoms with E-state index in [9.17, 15) is 28.1 Å². The topological polar surface area (TPSA) is 125 Å². The minimum absolute atomic E-state index is 0.0470. The summed E-state index contributed by atoms with van der Waals surface area (Å²) in [7, 11) is 1.43. The summed E-state index contributed by atoms with van der Waals surface area (Å²) in [6.07, 6.45) is -3.12. The number of aromatic nitrogens is 1. The molecule has 0 saturated heterocycles. The van der Waals surface area contributed by atoms with E-state index in [0.29, 0.717) is 28.3 Å². The highest BCUT2D eigenvalue weighted by molar-refractivity contribution is 5.89. The second-order valence-corrected chi connectivity index (χ2v) is 7.67. The van der Waals surface area contributed by atoms with Crippen molar-refractivity contribution in [1.82, 2.24) is 10.3 Å². The lowest BCUT2D eigenvalue weighted by Gasteiger charge is -2.15. The third-order valence-electron chi connectivity index (χ3n) is 5.01. The highest BCUT2D eigenvalue weighted by atomic mass is 19.4. The van der Waals surface area contributed by atoms with Gasteiger partial charge in [0.05, 0.1) is 17.7 Å². The number of nitro benzene ring substituents is 1. The Balaban J connectivity index is 1.59. The number of halogens is 3. The number of methoxy groups -OCH3 is 1. The number of alkyl halides is 3. The van der Waals surface area contributed by atoms with Gasteiger partial charge in [-0.25, -0.2) is 4.79 Å². The lowest BCUT2D eigenvalue weighted by molar-refractivity contribution is -0.384. The van der Waals surface area contributed by atoms with E-state index >= 15 is 0 Å². The van der Waals surface area contributed by atoms with E-state index in [1.54, 1.807) is 25.1 Å². The van der Waals surface area contributed by atoms with Gasteiger partial charge in [-0.15, -0.1) is 0 Å². The molecule has 0 aliphatic heterocycles. The summed E-state index contributed by atoms with van der Waals surface area (Å²) in [5.74, 6) is 0.776. The van der Waals surface area contributed by atoms with Gasteiger partial charge >= 0.3 is 12.2 Å². The van der Waals surface area contributed by atoms with Gasteiger partial charge < -0.3 is 24.8 Å². The Morgan fingerprint density at radius 1 is 1.08 bits per heavy atom. The molecule has 3 aromatic rings. The summed E-state index contributed by atoms with van der Waals surface area (Å²) < 4.78 is 53.4. The van der Waals surface area contributed by atoms with Crippen LogP contribution in [0.4, 0.5) is 29.3 Å². The zero-order chi connectivity index (χ0) is 27.0. The molecule has 0 aliphatic carbocycles. The van der Waals surface area contributed by atoms with Crippen molar-refractivity contribution in [2.75, 3.05) is 19.0 Å². The van der Waals surface area contributed by atoms with Gasteiger partial charge in [-0.1, -0.05) is 12.1 Å². The van der Waals surface area contributed by atoms with E-state index in [-0.39, 0.29) is 30.3 Å². The fourth-order valence-electron chi connectivity index (χ4n) is 3.16. The van der Waals surface area contributed by atoms with Crippen LogP contribution in [0.15, 0.2) is 54.7 Å². The highest BCUT2D eigenvalue weighted by Gasteiger charge is 2.28. The maximum absolute atomic E-state index is 12.5. The zero-order valence-corrected chi connectivity index (χ0v) is 19.8. The molecule has 2 aromatic carbocycles. The zero-order valence-electron chi connectivity index (χ0n) is 19.8. The Labute approximate surface area is 209 Å².